The molecular weight excluding hydrogens is 457 g/mol. The molecule has 0 aliphatic carbocycles. The zero-order chi connectivity index (χ0) is 23.6. The van der Waals surface area contributed by atoms with Gasteiger partial charge in [0, 0.05) is 58.4 Å². The van der Waals surface area contributed by atoms with E-state index in [2.05, 4.69) is 26.8 Å². The zero-order valence-corrected chi connectivity index (χ0v) is 19.2. The third-order valence-corrected chi connectivity index (χ3v) is 7.90. The van der Waals surface area contributed by atoms with Crippen molar-refractivity contribution in [2.75, 3.05) is 69.2 Å². The summed E-state index contributed by atoms with van der Waals surface area (Å²) in [7, 11) is -1.55. The number of sulfonamides is 1. The molecule has 12 heteroatoms. The highest BCUT2D eigenvalue weighted by Gasteiger charge is 2.31. The van der Waals surface area contributed by atoms with Crippen molar-refractivity contribution in [1.82, 2.24) is 19.2 Å². The largest absolute Gasteiger partial charge is 0.416 e. The van der Waals surface area contributed by atoms with Gasteiger partial charge >= 0.3 is 6.18 Å². The van der Waals surface area contributed by atoms with E-state index in [0.29, 0.717) is 18.7 Å². The Morgan fingerprint density at radius 1 is 0.848 bits per heavy atom. The summed E-state index contributed by atoms with van der Waals surface area (Å²) in [4.78, 5) is 15.3. The lowest BCUT2D eigenvalue weighted by Gasteiger charge is -2.36. The number of hydrogen-bond acceptors (Lipinski definition) is 7. The van der Waals surface area contributed by atoms with Gasteiger partial charge in [-0.05, 0) is 24.7 Å². The Hall–Kier alpha value is -2.44. The molecule has 1 aromatic carbocycles. The van der Waals surface area contributed by atoms with Gasteiger partial charge in [-0.15, -0.1) is 0 Å². The van der Waals surface area contributed by atoms with Crippen LogP contribution in [0.25, 0.3) is 0 Å². The van der Waals surface area contributed by atoms with Crippen LogP contribution in [0.15, 0.2) is 36.7 Å². The van der Waals surface area contributed by atoms with Crippen LogP contribution in [0.1, 0.15) is 11.1 Å². The number of piperazine rings is 2. The molecule has 8 nitrogen and oxygen atoms in total. The van der Waals surface area contributed by atoms with Gasteiger partial charge in [-0.1, -0.05) is 12.1 Å². The lowest BCUT2D eigenvalue weighted by Crippen LogP contribution is -2.49. The first-order chi connectivity index (χ1) is 15.6. The van der Waals surface area contributed by atoms with E-state index in [1.54, 1.807) is 0 Å². The van der Waals surface area contributed by atoms with E-state index in [1.807, 2.05) is 11.0 Å². The average Bonchev–Trinajstić information content (AvgIpc) is 2.79. The number of anilines is 2. The third-order valence-electron chi connectivity index (χ3n) is 6.05. The summed E-state index contributed by atoms with van der Waals surface area (Å²) in [6, 6.07) is 6.21. The second-order valence-electron chi connectivity index (χ2n) is 8.36. The van der Waals surface area contributed by atoms with Crippen LogP contribution in [0.4, 0.5) is 24.8 Å². The van der Waals surface area contributed by atoms with Crippen molar-refractivity contribution >= 4 is 21.7 Å². The minimum atomic E-state index is -4.45. The van der Waals surface area contributed by atoms with Crippen molar-refractivity contribution in [1.29, 1.82) is 0 Å². The van der Waals surface area contributed by atoms with E-state index < -0.39 is 21.8 Å². The number of hydrogen-bond donors (Lipinski definition) is 0. The first-order valence-corrected chi connectivity index (χ1v) is 12.4. The molecule has 180 valence electrons. The van der Waals surface area contributed by atoms with Crippen molar-refractivity contribution in [3.63, 3.8) is 0 Å². The van der Waals surface area contributed by atoms with Crippen LogP contribution in [0.3, 0.4) is 0 Å². The molecule has 2 aliphatic heterocycles. The Labute approximate surface area is 191 Å². The predicted octanol–water partition coefficient (Wildman–Crippen LogP) is 1.90. The lowest BCUT2D eigenvalue weighted by molar-refractivity contribution is -0.137. The van der Waals surface area contributed by atoms with Crippen LogP contribution in [-0.4, -0.2) is 87.0 Å². The maximum absolute atomic E-state index is 12.8. The topological polar surface area (TPSA) is 72.9 Å². The van der Waals surface area contributed by atoms with Crippen molar-refractivity contribution in [3.05, 3.63) is 47.8 Å². The third kappa shape index (κ3) is 5.74. The van der Waals surface area contributed by atoms with Crippen LogP contribution in [0.5, 0.6) is 0 Å². The van der Waals surface area contributed by atoms with E-state index in [9.17, 15) is 21.6 Å². The monoisotopic (exact) mass is 484 g/mol. The summed E-state index contributed by atoms with van der Waals surface area (Å²) < 4.78 is 65.2. The standard InChI is InChI=1S/C21H27F3N6O2S/c1-27-6-8-28(9-7-27)19-14-20(26-16-25-19)29-10-12-30(13-11-29)33(31,32)15-17-2-4-18(5-3-17)21(22,23)24/h2-5,14,16H,6-13,15H2,1H3. The van der Waals surface area contributed by atoms with Gasteiger partial charge in [0.2, 0.25) is 10.0 Å². The molecule has 0 N–H and O–H groups in total. The van der Waals surface area contributed by atoms with E-state index in [0.717, 1.165) is 49.9 Å². The van der Waals surface area contributed by atoms with Gasteiger partial charge in [0.1, 0.15) is 18.0 Å². The average molecular weight is 485 g/mol. The molecule has 0 atom stereocenters. The van der Waals surface area contributed by atoms with Gasteiger partial charge in [-0.2, -0.15) is 17.5 Å². The first-order valence-electron chi connectivity index (χ1n) is 10.8. The Bertz CT molecular complexity index is 1050. The summed E-state index contributed by atoms with van der Waals surface area (Å²) >= 11 is 0. The molecule has 2 aliphatic rings. The highest BCUT2D eigenvalue weighted by Crippen LogP contribution is 2.29. The molecule has 1 aromatic heterocycles. The summed E-state index contributed by atoms with van der Waals surface area (Å²) in [5.41, 5.74) is -0.462. The van der Waals surface area contributed by atoms with Crippen molar-refractivity contribution < 1.29 is 21.6 Å². The first kappa shape index (κ1) is 23.7. The van der Waals surface area contributed by atoms with E-state index in [1.165, 1.54) is 22.8 Å². The van der Waals surface area contributed by atoms with Crippen molar-refractivity contribution in [2.24, 2.45) is 0 Å². The van der Waals surface area contributed by atoms with Gasteiger partial charge in [-0.25, -0.2) is 18.4 Å². The molecular formula is C21H27F3N6O2S. The lowest BCUT2D eigenvalue weighted by atomic mass is 10.1. The smallest absolute Gasteiger partial charge is 0.354 e. The highest BCUT2D eigenvalue weighted by molar-refractivity contribution is 7.88. The second kappa shape index (κ2) is 9.43. The molecule has 0 spiro atoms. The van der Waals surface area contributed by atoms with Crippen molar-refractivity contribution in [3.8, 4) is 0 Å². The predicted molar refractivity (Wildman–Crippen MR) is 120 cm³/mol. The molecule has 0 radical (unpaired) electrons. The van der Waals surface area contributed by atoms with Crippen LogP contribution >= 0.6 is 0 Å². The van der Waals surface area contributed by atoms with E-state index >= 15 is 0 Å². The Balaban J connectivity index is 1.36. The molecule has 0 saturated carbocycles. The minimum Gasteiger partial charge on any atom is -0.354 e. The summed E-state index contributed by atoms with van der Waals surface area (Å²) in [6.07, 6.45) is -2.91. The molecule has 2 fully saturated rings. The van der Waals surface area contributed by atoms with E-state index in [-0.39, 0.29) is 18.8 Å². The summed E-state index contributed by atoms with van der Waals surface area (Å²) in [6.45, 7) is 5.25. The molecule has 4 rings (SSSR count). The summed E-state index contributed by atoms with van der Waals surface area (Å²) in [5.74, 6) is 1.30. The Morgan fingerprint density at radius 2 is 1.36 bits per heavy atom. The summed E-state index contributed by atoms with van der Waals surface area (Å²) in [5, 5.41) is 0. The SMILES string of the molecule is CN1CCN(c2cc(N3CCN(S(=O)(=O)Cc4ccc(C(F)(F)F)cc4)CC3)ncn2)CC1. The molecule has 3 heterocycles. The fraction of sp³-hybridized carbons (Fsp3) is 0.524. The number of likely N-dealkylation sites (N-methyl/N-ethyl adjacent to an activating group) is 1. The maximum atomic E-state index is 12.8. The van der Waals surface area contributed by atoms with Crippen LogP contribution in [0, 0.1) is 0 Å². The molecule has 2 aromatic rings. The number of benzene rings is 1. The fourth-order valence-corrected chi connectivity index (χ4v) is 5.52. The molecule has 0 unspecified atom stereocenters. The van der Waals surface area contributed by atoms with Crippen LogP contribution < -0.4 is 9.80 Å². The second-order valence-corrected chi connectivity index (χ2v) is 10.3. The number of halogens is 3. The van der Waals surface area contributed by atoms with Crippen molar-refractivity contribution in [2.45, 2.75) is 11.9 Å². The van der Waals surface area contributed by atoms with Gasteiger partial charge in [-0.3, -0.25) is 0 Å². The molecule has 0 bridgehead atoms. The zero-order valence-electron chi connectivity index (χ0n) is 18.4. The maximum Gasteiger partial charge on any atom is 0.416 e. The normalized spacial score (nSPS) is 19.2. The Kier molecular flexibility index (Phi) is 6.78. The fourth-order valence-electron chi connectivity index (χ4n) is 4.01. The molecule has 2 saturated heterocycles. The van der Waals surface area contributed by atoms with Gasteiger partial charge in [0.05, 0.1) is 11.3 Å². The van der Waals surface area contributed by atoms with Gasteiger partial charge in [0.15, 0.2) is 0 Å². The number of alkyl halides is 3. The number of aromatic nitrogens is 2. The van der Waals surface area contributed by atoms with Gasteiger partial charge < -0.3 is 14.7 Å². The Morgan fingerprint density at radius 3 is 1.88 bits per heavy atom. The minimum absolute atomic E-state index is 0.289. The number of rotatable bonds is 5. The van der Waals surface area contributed by atoms with Gasteiger partial charge in [0.25, 0.3) is 0 Å². The van der Waals surface area contributed by atoms with E-state index in [4.69, 9.17) is 0 Å². The highest BCUT2D eigenvalue weighted by atomic mass is 32.2. The molecule has 33 heavy (non-hydrogen) atoms. The number of nitrogens with zero attached hydrogens (tertiary/aromatic N) is 6. The van der Waals surface area contributed by atoms with Crippen LogP contribution in [-0.2, 0) is 22.0 Å². The molecule has 0 amide bonds. The van der Waals surface area contributed by atoms with Crippen LogP contribution in [0.2, 0.25) is 0 Å². The quantitative estimate of drug-likeness (QED) is 0.642.